The first-order valence-electron chi connectivity index (χ1n) is 5.50. The van der Waals surface area contributed by atoms with Gasteiger partial charge in [-0.25, -0.2) is 4.98 Å². The highest BCUT2D eigenvalue weighted by Gasteiger charge is 2.17. The summed E-state index contributed by atoms with van der Waals surface area (Å²) < 4.78 is 0. The van der Waals surface area contributed by atoms with Gasteiger partial charge in [0.15, 0.2) is 0 Å². The molecule has 2 heterocycles. The molecule has 9 heteroatoms. The number of hydrogen-bond donors (Lipinski definition) is 2. The molecule has 0 atom stereocenters. The number of H-pyrrole nitrogens is 1. The highest BCUT2D eigenvalue weighted by Crippen LogP contribution is 2.27. The predicted octanol–water partition coefficient (Wildman–Crippen LogP) is 2.66. The lowest BCUT2D eigenvalue weighted by molar-refractivity contribution is -0.384. The summed E-state index contributed by atoms with van der Waals surface area (Å²) in [5.41, 5.74) is 1.18. The lowest BCUT2D eigenvalue weighted by Crippen LogP contribution is -2.01. The third-order valence-corrected chi connectivity index (χ3v) is 2.82. The second kappa shape index (κ2) is 4.74. The van der Waals surface area contributed by atoms with Crippen LogP contribution in [0.4, 0.5) is 17.2 Å². The van der Waals surface area contributed by atoms with E-state index in [1.54, 1.807) is 18.3 Å². The molecule has 3 aromatic rings. The molecule has 0 saturated carbocycles. The summed E-state index contributed by atoms with van der Waals surface area (Å²) in [5.74, 6) is 0.0360. The Morgan fingerprint density at radius 1 is 1.35 bits per heavy atom. The molecule has 0 aliphatic rings. The van der Waals surface area contributed by atoms with Gasteiger partial charge in [0.25, 0.3) is 0 Å². The number of hydrogen-bond acceptors (Lipinski definition) is 6. The number of nitrogens with one attached hydrogen (secondary N) is 2. The monoisotopic (exact) mass is 290 g/mol. The van der Waals surface area contributed by atoms with E-state index < -0.39 is 4.92 Å². The molecule has 2 aromatic heterocycles. The van der Waals surface area contributed by atoms with Gasteiger partial charge in [-0.3, -0.25) is 15.2 Å². The summed E-state index contributed by atoms with van der Waals surface area (Å²) >= 11 is 5.66. The normalized spacial score (nSPS) is 10.7. The minimum Gasteiger partial charge on any atom is -0.334 e. The van der Waals surface area contributed by atoms with Crippen LogP contribution in [0.1, 0.15) is 0 Å². The Morgan fingerprint density at radius 2 is 2.20 bits per heavy atom. The predicted molar refractivity (Wildman–Crippen MR) is 73.1 cm³/mol. The van der Waals surface area contributed by atoms with Gasteiger partial charge in [0.1, 0.15) is 6.20 Å². The van der Waals surface area contributed by atoms with Crippen molar-refractivity contribution in [1.29, 1.82) is 0 Å². The summed E-state index contributed by atoms with van der Waals surface area (Å²) in [6.45, 7) is 0. The molecule has 0 fully saturated rings. The van der Waals surface area contributed by atoms with Crippen LogP contribution in [0.5, 0.6) is 0 Å². The zero-order valence-corrected chi connectivity index (χ0v) is 10.6. The summed E-state index contributed by atoms with van der Waals surface area (Å²) in [6.07, 6.45) is 2.75. The van der Waals surface area contributed by atoms with Crippen molar-refractivity contribution in [1.82, 2.24) is 20.2 Å². The van der Waals surface area contributed by atoms with E-state index in [0.717, 1.165) is 17.1 Å². The quantitative estimate of drug-likeness (QED) is 0.436. The molecule has 0 spiro atoms. The SMILES string of the molecule is O=[N+]([O-])c1cnc(Cl)nc1Nc1ccc2cn[nH]c2c1. The molecule has 0 unspecified atom stereocenters. The Balaban J connectivity index is 2.01. The maximum Gasteiger partial charge on any atom is 0.329 e. The first-order valence-corrected chi connectivity index (χ1v) is 5.88. The first kappa shape index (κ1) is 12.3. The minimum atomic E-state index is -0.576. The maximum absolute atomic E-state index is 10.9. The van der Waals surface area contributed by atoms with Crippen molar-refractivity contribution in [2.75, 3.05) is 5.32 Å². The summed E-state index contributed by atoms with van der Waals surface area (Å²) in [7, 11) is 0. The van der Waals surface area contributed by atoms with Gasteiger partial charge in [-0.15, -0.1) is 0 Å². The van der Waals surface area contributed by atoms with Gasteiger partial charge in [0.2, 0.25) is 11.1 Å². The van der Waals surface area contributed by atoms with Gasteiger partial charge in [0, 0.05) is 11.1 Å². The Bertz CT molecular complexity index is 802. The molecule has 1 aromatic carbocycles. The highest BCUT2D eigenvalue weighted by molar-refractivity contribution is 6.28. The number of fused-ring (bicyclic) bond motifs is 1. The number of nitro groups is 1. The van der Waals surface area contributed by atoms with Crippen LogP contribution in [0.15, 0.2) is 30.6 Å². The highest BCUT2D eigenvalue weighted by atomic mass is 35.5. The molecule has 100 valence electrons. The van der Waals surface area contributed by atoms with Crippen molar-refractivity contribution < 1.29 is 4.92 Å². The Hall–Kier alpha value is -2.74. The standard InChI is InChI=1S/C11H7ClN6O2/c12-11-13-5-9(18(19)20)10(16-11)15-7-2-1-6-4-14-17-8(6)3-7/h1-5H,(H,14,17)(H,13,15,16). The van der Waals surface area contributed by atoms with Crippen LogP contribution in [0.25, 0.3) is 10.9 Å². The molecule has 20 heavy (non-hydrogen) atoms. The number of halogens is 1. The summed E-state index contributed by atoms with van der Waals surface area (Å²) in [6, 6.07) is 5.36. The number of aromatic amines is 1. The van der Waals surface area contributed by atoms with Crippen molar-refractivity contribution in [3.8, 4) is 0 Å². The molecule has 0 radical (unpaired) electrons. The molecule has 8 nitrogen and oxygen atoms in total. The average molecular weight is 291 g/mol. The molecule has 0 aliphatic heterocycles. The zero-order chi connectivity index (χ0) is 14.1. The van der Waals surface area contributed by atoms with Crippen molar-refractivity contribution >= 4 is 39.7 Å². The Labute approximate surface area is 117 Å². The third-order valence-electron chi connectivity index (χ3n) is 2.64. The fraction of sp³-hybridized carbons (Fsp3) is 0. The van der Waals surface area contributed by atoms with Crippen LogP contribution in [0.3, 0.4) is 0 Å². The van der Waals surface area contributed by atoms with Gasteiger partial charge in [-0.05, 0) is 29.8 Å². The number of benzene rings is 1. The van der Waals surface area contributed by atoms with Crippen LogP contribution in [-0.2, 0) is 0 Å². The van der Waals surface area contributed by atoms with Crippen LogP contribution in [0.2, 0.25) is 5.28 Å². The van der Waals surface area contributed by atoms with Crippen molar-refractivity contribution in [2.45, 2.75) is 0 Å². The summed E-state index contributed by atoms with van der Waals surface area (Å²) in [5, 5.41) is 21.4. The van der Waals surface area contributed by atoms with Crippen molar-refractivity contribution in [3.63, 3.8) is 0 Å². The number of nitrogens with zero attached hydrogens (tertiary/aromatic N) is 4. The largest absolute Gasteiger partial charge is 0.334 e. The number of aromatic nitrogens is 4. The van der Waals surface area contributed by atoms with Gasteiger partial charge >= 0.3 is 5.69 Å². The minimum absolute atomic E-state index is 0.0360. The smallest absolute Gasteiger partial charge is 0.329 e. The molecular formula is C11H7ClN6O2. The molecule has 3 rings (SSSR count). The van der Waals surface area contributed by atoms with Crippen LogP contribution >= 0.6 is 11.6 Å². The van der Waals surface area contributed by atoms with Crippen LogP contribution in [0, 0.1) is 10.1 Å². The lowest BCUT2D eigenvalue weighted by Gasteiger charge is -2.06. The van der Waals surface area contributed by atoms with Gasteiger partial charge < -0.3 is 5.32 Å². The Morgan fingerprint density at radius 3 is 3.00 bits per heavy atom. The van der Waals surface area contributed by atoms with E-state index in [1.165, 1.54) is 0 Å². The van der Waals surface area contributed by atoms with E-state index in [9.17, 15) is 10.1 Å². The molecular weight excluding hydrogens is 284 g/mol. The van der Waals surface area contributed by atoms with Crippen LogP contribution < -0.4 is 5.32 Å². The van der Waals surface area contributed by atoms with Gasteiger partial charge in [-0.1, -0.05) is 0 Å². The van der Waals surface area contributed by atoms with Crippen molar-refractivity contribution in [3.05, 3.63) is 46.0 Å². The molecule has 0 aliphatic carbocycles. The fourth-order valence-electron chi connectivity index (χ4n) is 1.73. The zero-order valence-electron chi connectivity index (χ0n) is 9.87. The average Bonchev–Trinajstić information content (AvgIpc) is 2.85. The molecule has 0 bridgehead atoms. The van der Waals surface area contributed by atoms with E-state index in [4.69, 9.17) is 11.6 Å². The second-order valence-corrected chi connectivity index (χ2v) is 4.27. The maximum atomic E-state index is 10.9. The fourth-order valence-corrected chi connectivity index (χ4v) is 1.86. The number of rotatable bonds is 3. The van der Waals surface area contributed by atoms with Crippen molar-refractivity contribution in [2.24, 2.45) is 0 Å². The van der Waals surface area contributed by atoms with E-state index in [2.05, 4.69) is 25.5 Å². The second-order valence-electron chi connectivity index (χ2n) is 3.93. The van der Waals surface area contributed by atoms with E-state index in [1.807, 2.05) is 6.07 Å². The molecule has 0 saturated heterocycles. The van der Waals surface area contributed by atoms with Crippen LogP contribution in [-0.4, -0.2) is 25.1 Å². The third kappa shape index (κ3) is 2.24. The first-order chi connectivity index (χ1) is 9.63. The number of anilines is 2. The van der Waals surface area contributed by atoms with E-state index in [0.29, 0.717) is 5.69 Å². The molecule has 2 N–H and O–H groups in total. The van der Waals surface area contributed by atoms with Gasteiger partial charge in [-0.2, -0.15) is 10.1 Å². The van der Waals surface area contributed by atoms with E-state index >= 15 is 0 Å². The van der Waals surface area contributed by atoms with Gasteiger partial charge in [0.05, 0.1) is 16.6 Å². The Kier molecular flexibility index (Phi) is 2.92. The summed E-state index contributed by atoms with van der Waals surface area (Å²) in [4.78, 5) is 17.8. The lowest BCUT2D eigenvalue weighted by atomic mass is 10.2. The van der Waals surface area contributed by atoms with E-state index in [-0.39, 0.29) is 16.8 Å². The topological polar surface area (TPSA) is 110 Å². The molecule has 0 amide bonds.